The first-order chi connectivity index (χ1) is 21.6. The van der Waals surface area contributed by atoms with Crippen molar-refractivity contribution < 1.29 is 48.3 Å². The summed E-state index contributed by atoms with van der Waals surface area (Å²) in [5.74, 6) is -5.83. The number of ether oxygens (including phenoxy) is 4. The molecule has 2 fully saturated rings. The molecule has 1 aromatic rings. The molecule has 1 heterocycles. The minimum Gasteiger partial charge on any atom is -0.478 e. The van der Waals surface area contributed by atoms with Crippen molar-refractivity contribution in [2.75, 3.05) is 46.7 Å². The number of carbonyl (C=O) groups excluding carboxylic acids is 2. The van der Waals surface area contributed by atoms with Crippen molar-refractivity contribution in [3.05, 3.63) is 57.8 Å². The van der Waals surface area contributed by atoms with Crippen molar-refractivity contribution in [1.29, 1.82) is 0 Å². The van der Waals surface area contributed by atoms with Crippen molar-refractivity contribution in [2.45, 2.75) is 38.0 Å². The van der Waals surface area contributed by atoms with Crippen LogP contribution in [0.25, 0.3) is 0 Å². The van der Waals surface area contributed by atoms with Gasteiger partial charge in [-0.05, 0) is 62.0 Å². The third-order valence-electron chi connectivity index (χ3n) is 8.44. The number of benzene rings is 1. The minimum atomic E-state index is -2.33. The van der Waals surface area contributed by atoms with Crippen LogP contribution in [0.2, 0.25) is 5.02 Å². The summed E-state index contributed by atoms with van der Waals surface area (Å²) in [5, 5.41) is 20.5. The summed E-state index contributed by atoms with van der Waals surface area (Å²) in [6.45, 7) is 2.10. The Morgan fingerprint density at radius 1 is 1.07 bits per heavy atom. The number of aliphatic imine (C=N–C) groups is 1. The molecule has 0 amide bonds. The molecule has 12 nitrogen and oxygen atoms in total. The van der Waals surface area contributed by atoms with Gasteiger partial charge in [0, 0.05) is 23.4 Å². The normalized spacial score (nSPS) is 21.8. The predicted molar refractivity (Wildman–Crippen MR) is 163 cm³/mol. The summed E-state index contributed by atoms with van der Waals surface area (Å²) in [4.78, 5) is 57.9. The van der Waals surface area contributed by atoms with E-state index in [-0.39, 0.29) is 59.9 Å². The van der Waals surface area contributed by atoms with E-state index < -0.39 is 40.8 Å². The number of hydrogen-bond donors (Lipinski definition) is 3. The summed E-state index contributed by atoms with van der Waals surface area (Å²) < 4.78 is 22.3. The van der Waals surface area contributed by atoms with Gasteiger partial charge in [0.2, 0.25) is 0 Å². The van der Waals surface area contributed by atoms with Gasteiger partial charge >= 0.3 is 23.9 Å². The molecule has 2 saturated carbocycles. The second-order valence-corrected chi connectivity index (χ2v) is 11.8. The second kappa shape index (κ2) is 15.1. The highest BCUT2D eigenvalue weighted by atomic mass is 35.5. The lowest BCUT2D eigenvalue weighted by Crippen LogP contribution is -2.53. The SMILES string of the molecule is COC(=O)C1C(C)=NC(COCCOCCN)=C(C(=O)OCC(C2CC2)C2CC2)C1(C(=CC(=O)O)C(=O)O)c1ccccc1Cl. The highest BCUT2D eigenvalue weighted by Gasteiger charge is 2.60. The van der Waals surface area contributed by atoms with Crippen LogP contribution < -0.4 is 5.73 Å². The van der Waals surface area contributed by atoms with E-state index in [4.69, 9.17) is 36.3 Å². The number of hydrogen-bond acceptors (Lipinski definition) is 10. The molecule has 1 aliphatic heterocycles. The maximum absolute atomic E-state index is 14.4. The van der Waals surface area contributed by atoms with E-state index in [1.807, 2.05) is 0 Å². The summed E-state index contributed by atoms with van der Waals surface area (Å²) in [5.41, 5.74) is 1.98. The fourth-order valence-corrected chi connectivity index (χ4v) is 6.55. The number of methoxy groups -OCH3 is 1. The Bertz CT molecular complexity index is 1390. The molecule has 4 rings (SSSR count). The lowest BCUT2D eigenvalue weighted by atomic mass is 9.57. The van der Waals surface area contributed by atoms with E-state index in [2.05, 4.69) is 4.99 Å². The fraction of sp³-hybridized carbons (Fsp3) is 0.531. The third kappa shape index (κ3) is 7.63. The summed E-state index contributed by atoms with van der Waals surface area (Å²) in [7, 11) is 1.10. The van der Waals surface area contributed by atoms with Crippen molar-refractivity contribution in [3.8, 4) is 0 Å². The standard InChI is InChI=1S/C32H39ClN2O10/c1-18-27(30(40)42-2)32(22-5-3-4-6-24(22)33,23(29(38)39)15-26(36)37)28(25(35-18)17-44-14-13-43-12-11-34)31(41)45-16-21(19-7-8-19)20-9-10-20/h3-6,15,19-21,27H,7-14,16-17,34H2,1-2H3,(H,36,37)(H,38,39). The number of halogens is 1. The molecule has 2 aliphatic carbocycles. The Morgan fingerprint density at radius 3 is 2.27 bits per heavy atom. The van der Waals surface area contributed by atoms with Crippen LogP contribution in [0.3, 0.4) is 0 Å². The van der Waals surface area contributed by atoms with E-state index in [1.54, 1.807) is 12.1 Å². The van der Waals surface area contributed by atoms with Crippen molar-refractivity contribution in [2.24, 2.45) is 34.4 Å². The Hall–Kier alpha value is -3.58. The first-order valence-corrected chi connectivity index (χ1v) is 15.3. The number of aliphatic carboxylic acids is 2. The molecule has 4 N–H and O–H groups in total. The number of esters is 2. The molecular weight excluding hydrogens is 608 g/mol. The Balaban J connectivity index is 1.97. The van der Waals surface area contributed by atoms with Gasteiger partial charge in [-0.25, -0.2) is 14.4 Å². The second-order valence-electron chi connectivity index (χ2n) is 11.4. The summed E-state index contributed by atoms with van der Waals surface area (Å²) in [6.07, 6.45) is 4.61. The fourth-order valence-electron chi connectivity index (χ4n) is 6.26. The van der Waals surface area contributed by atoms with Gasteiger partial charge < -0.3 is 34.9 Å². The first-order valence-electron chi connectivity index (χ1n) is 14.9. The zero-order valence-corrected chi connectivity index (χ0v) is 26.1. The number of carbonyl (C=O) groups is 4. The van der Waals surface area contributed by atoms with Crippen LogP contribution in [0, 0.1) is 23.7 Å². The van der Waals surface area contributed by atoms with Gasteiger partial charge in [0.15, 0.2) is 0 Å². The van der Waals surface area contributed by atoms with Crippen LogP contribution >= 0.6 is 11.6 Å². The molecule has 45 heavy (non-hydrogen) atoms. The van der Waals surface area contributed by atoms with E-state index >= 15 is 0 Å². The number of carboxylic acid groups (broad SMARTS) is 2. The lowest BCUT2D eigenvalue weighted by Gasteiger charge is -2.44. The Labute approximate surface area is 266 Å². The molecule has 0 radical (unpaired) electrons. The maximum Gasteiger partial charge on any atom is 0.337 e. The minimum absolute atomic E-state index is 0.0112. The van der Waals surface area contributed by atoms with Crippen LogP contribution in [-0.2, 0) is 43.5 Å². The van der Waals surface area contributed by atoms with Crippen molar-refractivity contribution in [1.82, 2.24) is 0 Å². The molecule has 2 atom stereocenters. The molecule has 244 valence electrons. The van der Waals surface area contributed by atoms with Crippen molar-refractivity contribution >= 4 is 41.2 Å². The monoisotopic (exact) mass is 646 g/mol. The number of nitrogens with two attached hydrogens (primary N) is 1. The van der Waals surface area contributed by atoms with Crippen molar-refractivity contribution in [3.63, 3.8) is 0 Å². The number of carboxylic acids is 2. The lowest BCUT2D eigenvalue weighted by molar-refractivity contribution is -0.146. The molecule has 3 aliphatic rings. The largest absolute Gasteiger partial charge is 0.478 e. The zero-order valence-electron chi connectivity index (χ0n) is 25.3. The Kier molecular flexibility index (Phi) is 11.5. The van der Waals surface area contributed by atoms with Gasteiger partial charge in [-0.2, -0.15) is 0 Å². The quantitative estimate of drug-likeness (QED) is 0.128. The van der Waals surface area contributed by atoms with Gasteiger partial charge in [-0.1, -0.05) is 29.8 Å². The highest BCUT2D eigenvalue weighted by Crippen LogP contribution is 2.54. The predicted octanol–water partition coefficient (Wildman–Crippen LogP) is 3.16. The molecule has 13 heteroatoms. The summed E-state index contributed by atoms with van der Waals surface area (Å²) in [6, 6.07) is 6.03. The van der Waals surface area contributed by atoms with Crippen LogP contribution in [0.1, 0.15) is 38.2 Å². The topological polar surface area (TPSA) is 184 Å². The van der Waals surface area contributed by atoms with E-state index in [0.717, 1.165) is 32.8 Å². The van der Waals surface area contributed by atoms with Crippen LogP contribution in [-0.4, -0.2) is 86.5 Å². The van der Waals surface area contributed by atoms with Crippen LogP contribution in [0.15, 0.2) is 52.2 Å². The average molecular weight is 647 g/mol. The molecule has 2 unspecified atom stereocenters. The number of nitrogens with zero attached hydrogens (tertiary/aromatic N) is 1. The molecule has 0 aromatic heterocycles. The van der Waals surface area contributed by atoms with E-state index in [0.29, 0.717) is 31.1 Å². The summed E-state index contributed by atoms with van der Waals surface area (Å²) >= 11 is 6.72. The third-order valence-corrected chi connectivity index (χ3v) is 8.77. The molecule has 1 aromatic carbocycles. The van der Waals surface area contributed by atoms with E-state index in [9.17, 15) is 29.4 Å². The van der Waals surface area contributed by atoms with Gasteiger partial charge in [0.05, 0.1) is 62.4 Å². The van der Waals surface area contributed by atoms with Crippen LogP contribution in [0.4, 0.5) is 0 Å². The first kappa shape index (κ1) is 34.3. The molecule has 0 spiro atoms. The molecule has 0 saturated heterocycles. The zero-order chi connectivity index (χ0) is 32.7. The van der Waals surface area contributed by atoms with Gasteiger partial charge in [-0.3, -0.25) is 9.79 Å². The van der Waals surface area contributed by atoms with E-state index in [1.165, 1.54) is 19.1 Å². The van der Waals surface area contributed by atoms with Gasteiger partial charge in [-0.15, -0.1) is 0 Å². The Morgan fingerprint density at radius 2 is 1.71 bits per heavy atom. The number of rotatable bonds is 17. The highest BCUT2D eigenvalue weighted by molar-refractivity contribution is 6.32. The molecular formula is C32H39ClN2O10. The maximum atomic E-state index is 14.4. The molecule has 0 bridgehead atoms. The van der Waals surface area contributed by atoms with Gasteiger partial charge in [0.25, 0.3) is 0 Å². The smallest absolute Gasteiger partial charge is 0.337 e. The average Bonchev–Trinajstić information content (AvgIpc) is 3.93. The van der Waals surface area contributed by atoms with Crippen LogP contribution in [0.5, 0.6) is 0 Å². The van der Waals surface area contributed by atoms with Gasteiger partial charge in [0.1, 0.15) is 5.92 Å².